The molecule has 1 aliphatic rings. The maximum atomic E-state index is 13.5. The molecular weight excluding hydrogens is 517 g/mol. The van der Waals surface area contributed by atoms with Crippen LogP contribution in [0.4, 0.5) is 5.69 Å². The number of nitrogens with zero attached hydrogens (tertiary/aromatic N) is 1. The number of hydrogen-bond donors (Lipinski definition) is 2. The van der Waals surface area contributed by atoms with Crippen molar-refractivity contribution in [2.75, 3.05) is 18.6 Å². The quantitative estimate of drug-likeness (QED) is 0.214. The van der Waals surface area contributed by atoms with Crippen molar-refractivity contribution in [3.05, 3.63) is 86.4 Å². The maximum absolute atomic E-state index is 13.5. The van der Waals surface area contributed by atoms with Crippen molar-refractivity contribution in [3.63, 3.8) is 0 Å². The molecule has 1 atom stereocenters. The van der Waals surface area contributed by atoms with Crippen LogP contribution >= 0.6 is 23.2 Å². The molecule has 4 rings (SSSR count). The third-order valence-corrected chi connectivity index (χ3v) is 6.81. The number of amides is 1. The fourth-order valence-electron chi connectivity index (χ4n) is 4.38. The van der Waals surface area contributed by atoms with E-state index in [9.17, 15) is 19.8 Å². The number of phenolic OH excluding ortho intramolecular Hbond substituents is 1. The fraction of sp³-hybridized carbons (Fsp3) is 0.214. The van der Waals surface area contributed by atoms with E-state index >= 15 is 0 Å². The lowest BCUT2D eigenvalue weighted by Crippen LogP contribution is -2.29. The van der Waals surface area contributed by atoms with Gasteiger partial charge < -0.3 is 19.7 Å². The van der Waals surface area contributed by atoms with Gasteiger partial charge in [0, 0.05) is 10.7 Å². The molecule has 0 aromatic heterocycles. The van der Waals surface area contributed by atoms with Crippen molar-refractivity contribution in [3.8, 4) is 17.2 Å². The molecule has 1 saturated heterocycles. The number of anilines is 1. The van der Waals surface area contributed by atoms with Crippen LogP contribution in [0, 0.1) is 13.8 Å². The number of ketones is 1. The van der Waals surface area contributed by atoms with Crippen LogP contribution in [0.2, 0.25) is 10.0 Å². The molecule has 1 aliphatic heterocycles. The summed E-state index contributed by atoms with van der Waals surface area (Å²) in [6.45, 7) is 5.64. The van der Waals surface area contributed by atoms with E-state index in [1.54, 1.807) is 50.2 Å². The van der Waals surface area contributed by atoms with Crippen molar-refractivity contribution < 1.29 is 29.3 Å². The number of halogens is 2. The number of rotatable bonds is 6. The minimum absolute atomic E-state index is 0.104. The van der Waals surface area contributed by atoms with Crippen LogP contribution < -0.4 is 14.4 Å². The SMILES string of the molecule is CCOc1cc(C2/C(=C(\O)c3cc(C)cc(Cl)c3OC)C(=O)C(=O)N2c2ccc(C)c(Cl)c2)ccc1O. The van der Waals surface area contributed by atoms with Gasteiger partial charge in [0.2, 0.25) is 0 Å². The molecule has 7 nitrogen and oxygen atoms in total. The molecule has 1 fully saturated rings. The molecule has 9 heteroatoms. The highest BCUT2D eigenvalue weighted by atomic mass is 35.5. The van der Waals surface area contributed by atoms with E-state index in [4.69, 9.17) is 32.7 Å². The third kappa shape index (κ3) is 4.72. The Hall–Kier alpha value is -3.68. The van der Waals surface area contributed by atoms with Gasteiger partial charge in [-0.25, -0.2) is 0 Å². The fourth-order valence-corrected chi connectivity index (χ4v) is 4.90. The topological polar surface area (TPSA) is 96.3 Å². The highest BCUT2D eigenvalue weighted by molar-refractivity contribution is 6.52. The standard InChI is InChI=1S/C28H25Cl2NO6/c1-5-37-22-12-16(7-9-21(22)32)24-23(25(33)18-10-14(2)11-20(30)27(18)36-4)26(34)28(35)31(24)17-8-6-15(3)19(29)13-17/h6-13,24,32-33H,5H2,1-4H3/b25-23+. The Kier molecular flexibility index (Phi) is 7.39. The van der Waals surface area contributed by atoms with E-state index in [0.29, 0.717) is 21.8 Å². The van der Waals surface area contributed by atoms with Crippen molar-refractivity contribution in [1.29, 1.82) is 0 Å². The molecule has 0 bridgehead atoms. The van der Waals surface area contributed by atoms with Gasteiger partial charge in [-0.15, -0.1) is 0 Å². The second-order valence-corrected chi connectivity index (χ2v) is 9.40. The molecule has 1 unspecified atom stereocenters. The molecule has 1 heterocycles. The Bertz CT molecular complexity index is 1450. The first-order valence-corrected chi connectivity index (χ1v) is 12.2. The number of aliphatic hydroxyl groups is 1. The number of benzene rings is 3. The lowest BCUT2D eigenvalue weighted by molar-refractivity contribution is -0.132. The number of aliphatic hydroxyl groups excluding tert-OH is 1. The van der Waals surface area contributed by atoms with Crippen molar-refractivity contribution in [2.45, 2.75) is 26.8 Å². The Balaban J connectivity index is 2.03. The van der Waals surface area contributed by atoms with Gasteiger partial charge in [0.1, 0.15) is 11.5 Å². The number of carbonyl (C=O) groups is 2. The largest absolute Gasteiger partial charge is 0.507 e. The van der Waals surface area contributed by atoms with Gasteiger partial charge in [0.25, 0.3) is 11.7 Å². The Labute approximate surface area is 224 Å². The van der Waals surface area contributed by atoms with E-state index in [1.807, 2.05) is 6.92 Å². The molecule has 0 radical (unpaired) electrons. The first-order valence-electron chi connectivity index (χ1n) is 11.5. The molecule has 0 saturated carbocycles. The molecule has 3 aromatic carbocycles. The molecule has 0 aliphatic carbocycles. The number of hydrogen-bond acceptors (Lipinski definition) is 6. The van der Waals surface area contributed by atoms with Gasteiger partial charge in [-0.2, -0.15) is 0 Å². The van der Waals surface area contributed by atoms with Gasteiger partial charge in [-0.05, 0) is 73.9 Å². The van der Waals surface area contributed by atoms with Gasteiger partial charge in [0.05, 0.1) is 35.9 Å². The molecule has 0 spiro atoms. The van der Waals surface area contributed by atoms with Gasteiger partial charge in [-0.3, -0.25) is 14.5 Å². The third-order valence-electron chi connectivity index (χ3n) is 6.12. The van der Waals surface area contributed by atoms with Crippen molar-refractivity contribution in [1.82, 2.24) is 0 Å². The van der Waals surface area contributed by atoms with E-state index in [0.717, 1.165) is 5.56 Å². The van der Waals surface area contributed by atoms with E-state index in [1.165, 1.54) is 24.1 Å². The van der Waals surface area contributed by atoms with Crippen LogP contribution in [0.15, 0.2) is 54.1 Å². The summed E-state index contributed by atoms with van der Waals surface area (Å²) in [5.74, 6) is -1.97. The summed E-state index contributed by atoms with van der Waals surface area (Å²) >= 11 is 12.7. The number of phenols is 1. The molecule has 1 amide bonds. The number of ether oxygens (including phenoxy) is 2. The molecule has 37 heavy (non-hydrogen) atoms. The Morgan fingerprint density at radius 2 is 1.76 bits per heavy atom. The monoisotopic (exact) mass is 541 g/mol. The first kappa shape index (κ1) is 26.4. The van der Waals surface area contributed by atoms with Crippen LogP contribution in [0.5, 0.6) is 17.2 Å². The van der Waals surface area contributed by atoms with Crippen molar-refractivity contribution in [2.24, 2.45) is 0 Å². The summed E-state index contributed by atoms with van der Waals surface area (Å²) in [6, 6.07) is 11.7. The zero-order valence-corrected chi connectivity index (χ0v) is 22.1. The number of Topliss-reactive ketones (excluding diaryl/α,β-unsaturated/α-hetero) is 1. The Morgan fingerprint density at radius 3 is 2.41 bits per heavy atom. The zero-order valence-electron chi connectivity index (χ0n) is 20.6. The number of carbonyl (C=O) groups excluding carboxylic acids is 2. The Morgan fingerprint density at radius 1 is 1.03 bits per heavy atom. The number of aryl methyl sites for hydroxylation is 2. The van der Waals surface area contributed by atoms with Crippen LogP contribution in [0.25, 0.3) is 5.76 Å². The summed E-state index contributed by atoms with van der Waals surface area (Å²) in [5.41, 5.74) is 2.29. The van der Waals surface area contributed by atoms with E-state index in [2.05, 4.69) is 0 Å². The summed E-state index contributed by atoms with van der Waals surface area (Å²) < 4.78 is 11.0. The lowest BCUT2D eigenvalue weighted by atomic mass is 9.94. The van der Waals surface area contributed by atoms with Crippen molar-refractivity contribution >= 4 is 46.3 Å². The van der Waals surface area contributed by atoms with E-state index < -0.39 is 23.5 Å². The highest BCUT2D eigenvalue weighted by Crippen LogP contribution is 2.46. The van der Waals surface area contributed by atoms with Crippen LogP contribution in [0.1, 0.15) is 35.2 Å². The summed E-state index contributed by atoms with van der Waals surface area (Å²) in [5, 5.41) is 22.4. The van der Waals surface area contributed by atoms with Gasteiger partial charge >= 0.3 is 0 Å². The molecule has 192 valence electrons. The molecular formula is C28H25Cl2NO6. The second kappa shape index (κ2) is 10.4. The predicted octanol–water partition coefficient (Wildman–Crippen LogP) is 6.35. The zero-order chi connectivity index (χ0) is 27.0. The normalized spacial score (nSPS) is 16.8. The second-order valence-electron chi connectivity index (χ2n) is 8.59. The smallest absolute Gasteiger partial charge is 0.300 e. The highest BCUT2D eigenvalue weighted by Gasteiger charge is 2.47. The van der Waals surface area contributed by atoms with Crippen LogP contribution in [-0.4, -0.2) is 35.6 Å². The summed E-state index contributed by atoms with van der Waals surface area (Å²) in [6.07, 6.45) is 0. The lowest BCUT2D eigenvalue weighted by Gasteiger charge is -2.26. The van der Waals surface area contributed by atoms with E-state index in [-0.39, 0.29) is 40.0 Å². The summed E-state index contributed by atoms with van der Waals surface area (Å²) in [4.78, 5) is 28.2. The predicted molar refractivity (Wildman–Crippen MR) is 143 cm³/mol. The average Bonchev–Trinajstić information content (AvgIpc) is 3.12. The van der Waals surface area contributed by atoms with Crippen LogP contribution in [0.3, 0.4) is 0 Å². The maximum Gasteiger partial charge on any atom is 0.300 e. The molecule has 3 aromatic rings. The average molecular weight is 542 g/mol. The van der Waals surface area contributed by atoms with Gasteiger partial charge in [-0.1, -0.05) is 35.3 Å². The summed E-state index contributed by atoms with van der Waals surface area (Å²) in [7, 11) is 1.39. The number of aromatic hydroxyl groups is 1. The van der Waals surface area contributed by atoms with Gasteiger partial charge in [0.15, 0.2) is 11.5 Å². The minimum atomic E-state index is -1.07. The molecule has 2 N–H and O–H groups in total. The minimum Gasteiger partial charge on any atom is -0.507 e. The van der Waals surface area contributed by atoms with Crippen LogP contribution in [-0.2, 0) is 9.59 Å². The first-order chi connectivity index (χ1) is 17.6. The number of methoxy groups -OCH3 is 1.